The summed E-state index contributed by atoms with van der Waals surface area (Å²) >= 11 is 0. The highest BCUT2D eigenvalue weighted by molar-refractivity contribution is 5.98. The van der Waals surface area contributed by atoms with Crippen LogP contribution in [0.1, 0.15) is 26.3 Å². The Morgan fingerprint density at radius 2 is 1.78 bits per heavy atom. The second kappa shape index (κ2) is 6.84. The third-order valence-electron chi connectivity index (χ3n) is 2.96. The molecule has 1 aromatic carbocycles. The zero-order chi connectivity index (χ0) is 17.9. The van der Waals surface area contributed by atoms with Gasteiger partial charge in [0.15, 0.2) is 0 Å². The maximum atomic E-state index is 13.3. The Balaban J connectivity index is 3.12. The van der Waals surface area contributed by atoms with E-state index in [1.807, 2.05) is 0 Å². The van der Waals surface area contributed by atoms with Crippen LogP contribution >= 0.6 is 0 Å². The van der Waals surface area contributed by atoms with E-state index < -0.39 is 46.9 Å². The van der Waals surface area contributed by atoms with E-state index in [1.165, 1.54) is 6.92 Å². The second-order valence-corrected chi connectivity index (χ2v) is 5.26. The molecule has 2 amide bonds. The number of amides is 2. The Morgan fingerprint density at radius 3 is 2.22 bits per heavy atom. The molecular formula is C14H16F4N2O3. The number of nitrogens with one attached hydrogen (secondary N) is 2. The number of rotatable bonds is 4. The summed E-state index contributed by atoms with van der Waals surface area (Å²) in [5, 5.41) is 13.9. The first-order chi connectivity index (χ1) is 10.4. The van der Waals surface area contributed by atoms with Gasteiger partial charge in [-0.15, -0.1) is 0 Å². The van der Waals surface area contributed by atoms with Crippen molar-refractivity contribution in [3.8, 4) is 5.75 Å². The van der Waals surface area contributed by atoms with Crippen molar-refractivity contribution >= 4 is 17.5 Å². The summed E-state index contributed by atoms with van der Waals surface area (Å²) in [7, 11) is 0. The van der Waals surface area contributed by atoms with Crippen molar-refractivity contribution in [1.82, 2.24) is 5.32 Å². The van der Waals surface area contributed by atoms with Crippen molar-refractivity contribution in [3.63, 3.8) is 0 Å². The molecule has 0 spiro atoms. The van der Waals surface area contributed by atoms with Crippen LogP contribution < -0.4 is 10.6 Å². The number of phenols is 1. The van der Waals surface area contributed by atoms with E-state index in [0.717, 1.165) is 0 Å². The predicted octanol–water partition coefficient (Wildman–Crippen LogP) is 2.65. The number of hydrogen-bond donors (Lipinski definition) is 3. The predicted molar refractivity (Wildman–Crippen MR) is 74.1 cm³/mol. The van der Waals surface area contributed by atoms with E-state index in [2.05, 4.69) is 10.6 Å². The lowest BCUT2D eigenvalue weighted by molar-refractivity contribution is -0.140. The average Bonchev–Trinajstić information content (AvgIpc) is 2.36. The fourth-order valence-electron chi connectivity index (χ4n) is 1.84. The van der Waals surface area contributed by atoms with Gasteiger partial charge in [0.25, 0.3) is 0 Å². The van der Waals surface area contributed by atoms with E-state index >= 15 is 0 Å². The molecule has 0 heterocycles. The Morgan fingerprint density at radius 1 is 1.22 bits per heavy atom. The van der Waals surface area contributed by atoms with Gasteiger partial charge in [0.05, 0.1) is 11.3 Å². The number of carbonyl (C=O) groups is 2. The highest BCUT2D eigenvalue weighted by atomic mass is 19.4. The molecule has 1 atom stereocenters. The summed E-state index contributed by atoms with van der Waals surface area (Å²) in [6, 6.07) is -0.458. The van der Waals surface area contributed by atoms with Gasteiger partial charge in [0.2, 0.25) is 11.8 Å². The molecule has 0 unspecified atom stereocenters. The van der Waals surface area contributed by atoms with Crippen molar-refractivity contribution < 1.29 is 32.3 Å². The smallest absolute Gasteiger partial charge is 0.419 e. The molecule has 0 fully saturated rings. The molecule has 0 saturated carbocycles. The van der Waals surface area contributed by atoms with E-state index in [1.54, 1.807) is 13.8 Å². The number of aromatic hydroxyl groups is 1. The molecule has 0 aliphatic heterocycles. The number of halogens is 4. The fraction of sp³-hybridized carbons (Fsp3) is 0.429. The van der Waals surface area contributed by atoms with Crippen LogP contribution in [-0.4, -0.2) is 23.0 Å². The van der Waals surface area contributed by atoms with Gasteiger partial charge in [0, 0.05) is 13.0 Å². The maximum absolute atomic E-state index is 13.3. The lowest BCUT2D eigenvalue weighted by atomic mass is 10.0. The first-order valence-electron chi connectivity index (χ1n) is 6.61. The zero-order valence-corrected chi connectivity index (χ0v) is 12.6. The van der Waals surface area contributed by atoms with E-state index in [-0.39, 0.29) is 12.0 Å². The maximum Gasteiger partial charge on any atom is 0.419 e. The van der Waals surface area contributed by atoms with Crippen LogP contribution in [-0.2, 0) is 15.8 Å². The van der Waals surface area contributed by atoms with Crippen molar-refractivity contribution in [2.75, 3.05) is 5.32 Å². The van der Waals surface area contributed by atoms with Gasteiger partial charge in [-0.05, 0) is 12.0 Å². The topological polar surface area (TPSA) is 78.4 Å². The molecule has 0 bridgehead atoms. The van der Waals surface area contributed by atoms with E-state index in [0.29, 0.717) is 6.07 Å². The van der Waals surface area contributed by atoms with Gasteiger partial charge in [-0.1, -0.05) is 13.8 Å². The third kappa shape index (κ3) is 4.83. The number of alkyl halides is 3. The van der Waals surface area contributed by atoms with Crippen molar-refractivity contribution in [2.45, 2.75) is 33.0 Å². The van der Waals surface area contributed by atoms with Crippen LogP contribution in [0.15, 0.2) is 12.1 Å². The number of carbonyl (C=O) groups excluding carboxylic acids is 2. The highest BCUT2D eigenvalue weighted by Gasteiger charge is 2.35. The van der Waals surface area contributed by atoms with Crippen LogP contribution in [0, 0.1) is 11.7 Å². The van der Waals surface area contributed by atoms with Crippen LogP contribution in [0.5, 0.6) is 5.75 Å². The lowest BCUT2D eigenvalue weighted by Crippen LogP contribution is -2.46. The summed E-state index contributed by atoms with van der Waals surface area (Å²) < 4.78 is 51.3. The fourth-order valence-corrected chi connectivity index (χ4v) is 1.84. The SMILES string of the molecule is CC(=O)N[C@@H](C(=O)Nc1cc(C(F)(F)F)c(F)cc1O)C(C)C. The molecule has 3 N–H and O–H groups in total. The molecule has 9 heteroatoms. The standard InChI is InChI=1S/C14H16F4N2O3/c1-6(2)12(19-7(3)21)13(23)20-10-4-8(14(16,17)18)9(15)5-11(10)22/h4-6,12,22H,1-3H3,(H,19,21)(H,20,23)/t12-/m1/s1. The molecule has 23 heavy (non-hydrogen) atoms. The minimum atomic E-state index is -4.98. The Kier molecular flexibility index (Phi) is 5.57. The third-order valence-corrected chi connectivity index (χ3v) is 2.96. The lowest BCUT2D eigenvalue weighted by Gasteiger charge is -2.21. The number of anilines is 1. The zero-order valence-electron chi connectivity index (χ0n) is 12.6. The summed E-state index contributed by atoms with van der Waals surface area (Å²) in [6.45, 7) is 4.41. The van der Waals surface area contributed by atoms with Crippen LogP contribution in [0.2, 0.25) is 0 Å². The minimum Gasteiger partial charge on any atom is -0.506 e. The van der Waals surface area contributed by atoms with Gasteiger partial charge in [-0.25, -0.2) is 4.39 Å². The first-order valence-corrected chi connectivity index (χ1v) is 6.61. The molecule has 0 radical (unpaired) electrons. The number of phenolic OH excluding ortho intramolecular Hbond substituents is 1. The first kappa shape index (κ1) is 18.7. The minimum absolute atomic E-state index is 0.265. The molecule has 128 valence electrons. The van der Waals surface area contributed by atoms with Gasteiger partial charge < -0.3 is 15.7 Å². The van der Waals surface area contributed by atoms with Gasteiger partial charge >= 0.3 is 6.18 Å². The van der Waals surface area contributed by atoms with E-state index in [4.69, 9.17) is 0 Å². The molecule has 0 aromatic heterocycles. The van der Waals surface area contributed by atoms with Crippen molar-refractivity contribution in [1.29, 1.82) is 0 Å². The van der Waals surface area contributed by atoms with Crippen molar-refractivity contribution in [3.05, 3.63) is 23.5 Å². The summed E-state index contributed by atoms with van der Waals surface area (Å²) in [6.07, 6.45) is -4.98. The van der Waals surface area contributed by atoms with Gasteiger partial charge in [-0.3, -0.25) is 9.59 Å². The van der Waals surface area contributed by atoms with E-state index in [9.17, 15) is 32.3 Å². The molecule has 0 aliphatic carbocycles. The quantitative estimate of drug-likeness (QED) is 0.584. The monoisotopic (exact) mass is 336 g/mol. The van der Waals surface area contributed by atoms with Crippen LogP contribution in [0.25, 0.3) is 0 Å². The van der Waals surface area contributed by atoms with Crippen LogP contribution in [0.4, 0.5) is 23.2 Å². The number of hydrogen-bond acceptors (Lipinski definition) is 3. The average molecular weight is 336 g/mol. The highest BCUT2D eigenvalue weighted by Crippen LogP contribution is 2.36. The summed E-state index contributed by atoms with van der Waals surface area (Å²) in [5.74, 6) is -4.20. The summed E-state index contributed by atoms with van der Waals surface area (Å²) in [4.78, 5) is 23.1. The molecule has 1 aromatic rings. The normalized spacial score (nSPS) is 12.9. The molecular weight excluding hydrogens is 320 g/mol. The Labute approximate surface area is 129 Å². The number of benzene rings is 1. The molecule has 0 saturated heterocycles. The van der Waals surface area contributed by atoms with Gasteiger partial charge in [0.1, 0.15) is 17.6 Å². The van der Waals surface area contributed by atoms with Gasteiger partial charge in [-0.2, -0.15) is 13.2 Å². The Hall–Kier alpha value is -2.32. The van der Waals surface area contributed by atoms with Crippen LogP contribution in [0.3, 0.4) is 0 Å². The van der Waals surface area contributed by atoms with Crippen molar-refractivity contribution in [2.24, 2.45) is 5.92 Å². The molecule has 1 rings (SSSR count). The largest absolute Gasteiger partial charge is 0.506 e. The summed E-state index contributed by atoms with van der Waals surface area (Å²) in [5.41, 5.74) is -2.22. The second-order valence-electron chi connectivity index (χ2n) is 5.26. The molecule has 0 aliphatic rings. The Bertz CT molecular complexity index is 615. The molecule has 5 nitrogen and oxygen atoms in total.